The van der Waals surface area contributed by atoms with E-state index in [1.165, 1.54) is 4.31 Å². The fourth-order valence-corrected chi connectivity index (χ4v) is 2.82. The molecule has 0 unspecified atom stereocenters. The number of nitrogens with one attached hydrogen (secondary N) is 1. The number of rotatable bonds is 4. The zero-order valence-corrected chi connectivity index (χ0v) is 9.94. The summed E-state index contributed by atoms with van der Waals surface area (Å²) in [5, 5.41) is 7.63. The first kappa shape index (κ1) is 11.5. The lowest BCUT2D eigenvalue weighted by Crippen LogP contribution is -2.44. The predicted octanol–water partition coefficient (Wildman–Crippen LogP) is -0.662. The van der Waals surface area contributed by atoms with Gasteiger partial charge in [0.25, 0.3) is 10.2 Å². The molecule has 90 valence electrons. The summed E-state index contributed by atoms with van der Waals surface area (Å²) >= 11 is 0. The number of fused-ring (bicyclic) bond motifs is 1. The van der Waals surface area contributed by atoms with E-state index < -0.39 is 10.2 Å². The van der Waals surface area contributed by atoms with Gasteiger partial charge in [0.05, 0.1) is 6.54 Å². The minimum absolute atomic E-state index is 0.291. The molecule has 0 bridgehead atoms. The van der Waals surface area contributed by atoms with Crippen LogP contribution in [-0.2, 0) is 23.3 Å². The number of hydrogen-bond donors (Lipinski definition) is 1. The highest BCUT2D eigenvalue weighted by atomic mass is 32.2. The summed E-state index contributed by atoms with van der Waals surface area (Å²) in [5.74, 6) is 0.688. The zero-order chi connectivity index (χ0) is 11.6. The van der Waals surface area contributed by atoms with E-state index >= 15 is 0 Å². The molecule has 1 aromatic heterocycles. The van der Waals surface area contributed by atoms with Gasteiger partial charge in [-0.3, -0.25) is 0 Å². The Kier molecular flexibility index (Phi) is 3.22. The van der Waals surface area contributed by atoms with E-state index in [2.05, 4.69) is 14.9 Å². The van der Waals surface area contributed by atoms with Gasteiger partial charge in [-0.2, -0.15) is 12.7 Å². The largest absolute Gasteiger partial charge is 0.315 e. The molecule has 0 spiro atoms. The van der Waals surface area contributed by atoms with Crippen LogP contribution in [0.15, 0.2) is 6.33 Å². The lowest BCUT2D eigenvalue weighted by Gasteiger charge is -2.26. The van der Waals surface area contributed by atoms with Gasteiger partial charge in [0.1, 0.15) is 12.2 Å². The van der Waals surface area contributed by atoms with E-state index in [1.54, 1.807) is 6.33 Å². The van der Waals surface area contributed by atoms with Crippen molar-refractivity contribution in [2.45, 2.75) is 26.4 Å². The molecular formula is C8H15N5O2S. The summed E-state index contributed by atoms with van der Waals surface area (Å²) < 4.78 is 29.5. The van der Waals surface area contributed by atoms with E-state index in [0.717, 1.165) is 6.42 Å². The normalized spacial score (nSPS) is 17.3. The third-order valence-corrected chi connectivity index (χ3v) is 4.04. The first-order valence-corrected chi connectivity index (χ1v) is 6.69. The van der Waals surface area contributed by atoms with Gasteiger partial charge in [0.15, 0.2) is 0 Å². The van der Waals surface area contributed by atoms with Gasteiger partial charge in [-0.1, -0.05) is 6.92 Å². The van der Waals surface area contributed by atoms with Crippen molar-refractivity contribution < 1.29 is 8.42 Å². The third-order valence-electron chi connectivity index (χ3n) is 2.48. The van der Waals surface area contributed by atoms with Crippen LogP contribution in [0.2, 0.25) is 0 Å². The Bertz CT molecular complexity index is 455. The summed E-state index contributed by atoms with van der Waals surface area (Å²) in [6, 6.07) is 0. The van der Waals surface area contributed by atoms with Crippen LogP contribution in [0.5, 0.6) is 0 Å². The maximum Gasteiger partial charge on any atom is 0.279 e. The summed E-state index contributed by atoms with van der Waals surface area (Å²) in [7, 11) is -3.36. The monoisotopic (exact) mass is 245 g/mol. The summed E-state index contributed by atoms with van der Waals surface area (Å²) in [4.78, 5) is 0. The standard InChI is InChI=1S/C8H15N5O2S/c1-2-3-10-16(14,15)13-5-4-12-7-9-11-8(12)6-13/h7,10H,2-6H2,1H3. The van der Waals surface area contributed by atoms with Gasteiger partial charge in [-0.25, -0.2) is 4.72 Å². The second-order valence-corrected chi connectivity index (χ2v) is 5.43. The molecule has 1 aliphatic rings. The third kappa shape index (κ3) is 2.23. The van der Waals surface area contributed by atoms with Gasteiger partial charge >= 0.3 is 0 Å². The fourth-order valence-electron chi connectivity index (χ4n) is 1.57. The lowest BCUT2D eigenvalue weighted by atomic mass is 10.4. The maximum atomic E-state index is 11.8. The average molecular weight is 245 g/mol. The van der Waals surface area contributed by atoms with Crippen molar-refractivity contribution in [3.05, 3.63) is 12.2 Å². The Morgan fingerprint density at radius 3 is 3.06 bits per heavy atom. The number of nitrogens with zero attached hydrogens (tertiary/aromatic N) is 4. The van der Waals surface area contributed by atoms with E-state index in [-0.39, 0.29) is 0 Å². The molecule has 0 aliphatic carbocycles. The molecule has 7 nitrogen and oxygen atoms in total. The average Bonchev–Trinajstić information content (AvgIpc) is 2.73. The summed E-state index contributed by atoms with van der Waals surface area (Å²) in [6.45, 7) is 3.75. The minimum atomic E-state index is -3.36. The molecule has 1 N–H and O–H groups in total. The molecule has 1 aliphatic heterocycles. The van der Waals surface area contributed by atoms with Gasteiger partial charge in [-0.05, 0) is 6.42 Å². The molecule has 2 heterocycles. The van der Waals surface area contributed by atoms with E-state index in [0.29, 0.717) is 32.0 Å². The topological polar surface area (TPSA) is 80.1 Å². The van der Waals surface area contributed by atoms with Crippen LogP contribution >= 0.6 is 0 Å². The molecule has 0 saturated heterocycles. The molecule has 0 atom stereocenters. The molecule has 16 heavy (non-hydrogen) atoms. The van der Waals surface area contributed by atoms with E-state index in [9.17, 15) is 8.42 Å². The Morgan fingerprint density at radius 1 is 1.50 bits per heavy atom. The van der Waals surface area contributed by atoms with E-state index in [1.807, 2.05) is 11.5 Å². The first-order chi connectivity index (χ1) is 7.63. The van der Waals surface area contributed by atoms with Crippen molar-refractivity contribution >= 4 is 10.2 Å². The highest BCUT2D eigenvalue weighted by molar-refractivity contribution is 7.87. The van der Waals surface area contributed by atoms with Crippen molar-refractivity contribution in [1.29, 1.82) is 0 Å². The Morgan fingerprint density at radius 2 is 2.31 bits per heavy atom. The van der Waals surface area contributed by atoms with Gasteiger partial charge in [0, 0.05) is 19.6 Å². The van der Waals surface area contributed by atoms with Crippen LogP contribution in [0.1, 0.15) is 19.2 Å². The van der Waals surface area contributed by atoms with Gasteiger partial charge in [-0.15, -0.1) is 10.2 Å². The summed E-state index contributed by atoms with van der Waals surface area (Å²) in [5.41, 5.74) is 0. The molecule has 0 saturated carbocycles. The molecule has 0 aromatic carbocycles. The van der Waals surface area contributed by atoms with Gasteiger partial charge < -0.3 is 4.57 Å². The number of aromatic nitrogens is 3. The van der Waals surface area contributed by atoms with Crippen LogP contribution < -0.4 is 4.72 Å². The van der Waals surface area contributed by atoms with Crippen molar-refractivity contribution in [2.75, 3.05) is 13.1 Å². The van der Waals surface area contributed by atoms with Crippen molar-refractivity contribution in [2.24, 2.45) is 0 Å². The van der Waals surface area contributed by atoms with Crippen molar-refractivity contribution in [3.8, 4) is 0 Å². The zero-order valence-electron chi connectivity index (χ0n) is 9.13. The van der Waals surface area contributed by atoms with Crippen LogP contribution in [-0.4, -0.2) is 40.6 Å². The smallest absolute Gasteiger partial charge is 0.279 e. The van der Waals surface area contributed by atoms with Gasteiger partial charge in [0.2, 0.25) is 0 Å². The minimum Gasteiger partial charge on any atom is -0.315 e. The molecular weight excluding hydrogens is 230 g/mol. The molecule has 0 radical (unpaired) electrons. The Hall–Kier alpha value is -0.990. The first-order valence-electron chi connectivity index (χ1n) is 5.25. The number of hydrogen-bond acceptors (Lipinski definition) is 4. The maximum absolute atomic E-state index is 11.8. The predicted molar refractivity (Wildman–Crippen MR) is 57.6 cm³/mol. The fraction of sp³-hybridized carbons (Fsp3) is 0.750. The van der Waals surface area contributed by atoms with E-state index in [4.69, 9.17) is 0 Å². The second-order valence-electron chi connectivity index (χ2n) is 3.67. The molecule has 0 fully saturated rings. The van der Waals surface area contributed by atoms with Crippen LogP contribution in [0.4, 0.5) is 0 Å². The Balaban J connectivity index is 2.08. The highest BCUT2D eigenvalue weighted by Gasteiger charge is 2.26. The lowest BCUT2D eigenvalue weighted by molar-refractivity contribution is 0.330. The highest BCUT2D eigenvalue weighted by Crippen LogP contribution is 2.11. The Labute approximate surface area is 94.6 Å². The van der Waals surface area contributed by atoms with Crippen molar-refractivity contribution in [3.63, 3.8) is 0 Å². The van der Waals surface area contributed by atoms with Crippen LogP contribution in [0.3, 0.4) is 0 Å². The van der Waals surface area contributed by atoms with Crippen LogP contribution in [0, 0.1) is 0 Å². The SMILES string of the molecule is CCCNS(=O)(=O)N1CCn2cnnc2C1. The van der Waals surface area contributed by atoms with Crippen LogP contribution in [0.25, 0.3) is 0 Å². The molecule has 1 aromatic rings. The van der Waals surface area contributed by atoms with Crippen molar-refractivity contribution in [1.82, 2.24) is 23.8 Å². The second kappa shape index (κ2) is 4.48. The molecule has 2 rings (SSSR count). The summed E-state index contributed by atoms with van der Waals surface area (Å²) in [6.07, 6.45) is 2.40. The molecule has 0 amide bonds. The quantitative estimate of drug-likeness (QED) is 0.763. The molecule has 8 heteroatoms.